The van der Waals surface area contributed by atoms with Gasteiger partial charge in [-0.25, -0.2) is 14.6 Å². The van der Waals surface area contributed by atoms with Crippen molar-refractivity contribution >= 4 is 16.9 Å². The molecule has 0 unspecified atom stereocenters. The molecule has 0 amide bonds. The zero-order valence-electron chi connectivity index (χ0n) is 14.8. The summed E-state index contributed by atoms with van der Waals surface area (Å²) >= 11 is 0. The van der Waals surface area contributed by atoms with E-state index < -0.39 is 0 Å². The van der Waals surface area contributed by atoms with Gasteiger partial charge in [0.1, 0.15) is 17.8 Å². The summed E-state index contributed by atoms with van der Waals surface area (Å²) in [6, 6.07) is 10.3. The Morgan fingerprint density at radius 3 is 2.50 bits per heavy atom. The van der Waals surface area contributed by atoms with Gasteiger partial charge < -0.3 is 4.90 Å². The quantitative estimate of drug-likeness (QED) is 0.571. The average Bonchev–Trinajstić information content (AvgIpc) is 3.15. The number of fused-ring (bicyclic) bond motifs is 1. The zero-order valence-corrected chi connectivity index (χ0v) is 14.8. The lowest BCUT2D eigenvalue weighted by Crippen LogP contribution is -2.37. The summed E-state index contributed by atoms with van der Waals surface area (Å²) in [5.74, 6) is 0.965. The van der Waals surface area contributed by atoms with Crippen LogP contribution in [0.4, 0.5) is 5.82 Å². The minimum atomic E-state index is 0.847. The summed E-state index contributed by atoms with van der Waals surface area (Å²) in [4.78, 5) is 11.3. The molecule has 4 heterocycles. The summed E-state index contributed by atoms with van der Waals surface area (Å²) < 4.78 is 3.73. The Morgan fingerprint density at radius 1 is 0.962 bits per heavy atom. The van der Waals surface area contributed by atoms with Crippen molar-refractivity contribution in [1.82, 2.24) is 29.5 Å². The highest BCUT2D eigenvalue weighted by Crippen LogP contribution is 2.38. The number of nitrogens with zero attached hydrogens (tertiary/aromatic N) is 7. The molecule has 0 N–H and O–H groups in total. The van der Waals surface area contributed by atoms with Gasteiger partial charge in [-0.1, -0.05) is 30.3 Å². The van der Waals surface area contributed by atoms with E-state index in [-0.39, 0.29) is 0 Å². The number of aromatic nitrogens is 6. The molecule has 7 nitrogen and oxygen atoms in total. The lowest BCUT2D eigenvalue weighted by atomic mass is 10.0. The van der Waals surface area contributed by atoms with Gasteiger partial charge in [0, 0.05) is 38.3 Å². The van der Waals surface area contributed by atoms with Gasteiger partial charge in [-0.15, -0.1) is 0 Å². The number of hydrogen-bond acceptors (Lipinski definition) is 5. The van der Waals surface area contributed by atoms with Crippen molar-refractivity contribution in [1.29, 1.82) is 0 Å². The van der Waals surface area contributed by atoms with Crippen LogP contribution in [0, 0.1) is 0 Å². The van der Waals surface area contributed by atoms with E-state index in [4.69, 9.17) is 5.10 Å². The van der Waals surface area contributed by atoms with E-state index in [2.05, 4.69) is 32.1 Å². The van der Waals surface area contributed by atoms with Crippen molar-refractivity contribution in [2.24, 2.45) is 14.1 Å². The molecule has 4 aromatic rings. The maximum absolute atomic E-state index is 4.80. The van der Waals surface area contributed by atoms with Crippen LogP contribution in [0.25, 0.3) is 33.5 Å². The van der Waals surface area contributed by atoms with Gasteiger partial charge in [0.15, 0.2) is 5.65 Å². The minimum absolute atomic E-state index is 0.847. The average molecular weight is 345 g/mol. The number of rotatable bonds is 3. The zero-order chi connectivity index (χ0) is 17.7. The number of aryl methyl sites for hydroxylation is 2. The molecule has 26 heavy (non-hydrogen) atoms. The molecular weight excluding hydrogens is 326 g/mol. The van der Waals surface area contributed by atoms with Gasteiger partial charge in [0.05, 0.1) is 17.3 Å². The molecular formula is C19H19N7. The second-order valence-corrected chi connectivity index (χ2v) is 6.61. The Kier molecular flexibility index (Phi) is 3.28. The molecule has 0 radical (unpaired) electrons. The fourth-order valence-electron chi connectivity index (χ4n) is 3.58. The van der Waals surface area contributed by atoms with Crippen LogP contribution >= 0.6 is 0 Å². The molecule has 1 aliphatic heterocycles. The van der Waals surface area contributed by atoms with Crippen molar-refractivity contribution in [2.45, 2.75) is 6.42 Å². The molecule has 0 atom stereocenters. The highest BCUT2D eigenvalue weighted by molar-refractivity contribution is 6.01. The fourth-order valence-corrected chi connectivity index (χ4v) is 3.58. The summed E-state index contributed by atoms with van der Waals surface area (Å²) in [6.07, 6.45) is 4.71. The molecule has 7 heteroatoms. The predicted molar refractivity (Wildman–Crippen MR) is 101 cm³/mol. The summed E-state index contributed by atoms with van der Waals surface area (Å²) in [6.45, 7) is 2.05. The van der Waals surface area contributed by atoms with Crippen molar-refractivity contribution in [3.8, 4) is 22.5 Å². The molecule has 1 saturated heterocycles. The van der Waals surface area contributed by atoms with Gasteiger partial charge in [0.2, 0.25) is 0 Å². The van der Waals surface area contributed by atoms with Crippen molar-refractivity contribution in [3.63, 3.8) is 0 Å². The normalized spacial score (nSPS) is 14.0. The largest absolute Gasteiger partial charge is 0.356 e. The molecule has 3 aromatic heterocycles. The third-order valence-electron chi connectivity index (χ3n) is 5.00. The number of anilines is 1. The van der Waals surface area contributed by atoms with Gasteiger partial charge in [-0.05, 0) is 6.42 Å². The number of hydrogen-bond donors (Lipinski definition) is 0. The molecule has 0 spiro atoms. The molecule has 130 valence electrons. The molecule has 0 bridgehead atoms. The second-order valence-electron chi connectivity index (χ2n) is 6.61. The van der Waals surface area contributed by atoms with Crippen LogP contribution in [0.1, 0.15) is 6.42 Å². The first-order valence-electron chi connectivity index (χ1n) is 8.74. The van der Waals surface area contributed by atoms with E-state index in [0.29, 0.717) is 0 Å². The molecule has 0 aliphatic carbocycles. The van der Waals surface area contributed by atoms with Gasteiger partial charge in [0.25, 0.3) is 0 Å². The van der Waals surface area contributed by atoms with E-state index in [9.17, 15) is 0 Å². The minimum Gasteiger partial charge on any atom is -0.356 e. The molecule has 1 aromatic carbocycles. The number of benzene rings is 1. The first kappa shape index (κ1) is 15.1. The summed E-state index contributed by atoms with van der Waals surface area (Å²) in [5.41, 5.74) is 4.89. The first-order valence-corrected chi connectivity index (χ1v) is 8.74. The predicted octanol–water partition coefficient (Wildman–Crippen LogP) is 2.64. The smallest absolute Gasteiger partial charge is 0.163 e. The Balaban J connectivity index is 1.79. The third-order valence-corrected chi connectivity index (χ3v) is 5.00. The Bertz CT molecular complexity index is 1090. The summed E-state index contributed by atoms with van der Waals surface area (Å²) in [7, 11) is 3.89. The summed E-state index contributed by atoms with van der Waals surface area (Å²) in [5, 5.41) is 10.3. The fraction of sp³-hybridized carbons (Fsp3) is 0.263. The van der Waals surface area contributed by atoms with Crippen molar-refractivity contribution in [3.05, 3.63) is 42.9 Å². The van der Waals surface area contributed by atoms with Crippen LogP contribution in [-0.2, 0) is 14.1 Å². The van der Waals surface area contributed by atoms with Crippen LogP contribution in [0.3, 0.4) is 0 Å². The topological polar surface area (TPSA) is 64.7 Å². The molecule has 0 saturated carbocycles. The monoisotopic (exact) mass is 345 g/mol. The maximum atomic E-state index is 4.80. The van der Waals surface area contributed by atoms with Crippen LogP contribution in [0.15, 0.2) is 42.9 Å². The van der Waals surface area contributed by atoms with E-state index >= 15 is 0 Å². The highest BCUT2D eigenvalue weighted by Gasteiger charge is 2.26. The van der Waals surface area contributed by atoms with Crippen LogP contribution in [-0.4, -0.2) is 42.6 Å². The van der Waals surface area contributed by atoms with Gasteiger partial charge in [-0.2, -0.15) is 10.2 Å². The maximum Gasteiger partial charge on any atom is 0.163 e. The molecule has 5 rings (SSSR count). The standard InChI is InChI=1S/C19H19N7/c1-24-17(13-7-4-3-5-8-13)14(11-22-24)16-15-18(25(2)23-16)20-12-21-19(15)26-9-6-10-26/h3-5,7-8,11-12H,6,9-10H2,1-2H3. The van der Waals surface area contributed by atoms with Gasteiger partial charge in [-0.3, -0.25) is 4.68 Å². The Labute approximate surface area is 150 Å². The van der Waals surface area contributed by atoms with Crippen LogP contribution < -0.4 is 4.90 Å². The lowest BCUT2D eigenvalue weighted by molar-refractivity contribution is 0.611. The SMILES string of the molecule is Cn1ncc(-c2nn(C)c3ncnc(N4CCC4)c23)c1-c1ccccc1. The van der Waals surface area contributed by atoms with E-state index in [0.717, 1.165) is 52.5 Å². The molecule has 1 fully saturated rings. The van der Waals surface area contributed by atoms with Crippen molar-refractivity contribution < 1.29 is 0 Å². The first-order chi connectivity index (χ1) is 12.7. The van der Waals surface area contributed by atoms with Crippen molar-refractivity contribution in [2.75, 3.05) is 18.0 Å². The van der Waals surface area contributed by atoms with E-state index in [1.54, 1.807) is 6.33 Å². The van der Waals surface area contributed by atoms with Crippen LogP contribution in [0.2, 0.25) is 0 Å². The second kappa shape index (κ2) is 5.66. The third kappa shape index (κ3) is 2.13. The lowest BCUT2D eigenvalue weighted by Gasteiger charge is -2.32. The Morgan fingerprint density at radius 2 is 1.77 bits per heavy atom. The Hall–Kier alpha value is -3.22. The molecule has 1 aliphatic rings. The van der Waals surface area contributed by atoms with E-state index in [1.807, 2.05) is 47.9 Å². The van der Waals surface area contributed by atoms with Crippen LogP contribution in [0.5, 0.6) is 0 Å². The highest BCUT2D eigenvalue weighted by atomic mass is 15.3. The van der Waals surface area contributed by atoms with Gasteiger partial charge >= 0.3 is 0 Å². The van der Waals surface area contributed by atoms with E-state index in [1.165, 1.54) is 6.42 Å².